The summed E-state index contributed by atoms with van der Waals surface area (Å²) in [6.07, 6.45) is 2.31. The third-order valence-electron chi connectivity index (χ3n) is 5.60. The number of hydrazone groups is 1. The maximum atomic E-state index is 12.8. The van der Waals surface area contributed by atoms with Gasteiger partial charge in [-0.2, -0.15) is 9.41 Å². The molecule has 0 unspecified atom stereocenters. The maximum absolute atomic E-state index is 12.8. The van der Waals surface area contributed by atoms with Crippen LogP contribution >= 0.6 is 0 Å². The summed E-state index contributed by atoms with van der Waals surface area (Å²) >= 11 is 0. The van der Waals surface area contributed by atoms with E-state index >= 15 is 0 Å². The number of aryl methyl sites for hydroxylation is 1. The van der Waals surface area contributed by atoms with Crippen LogP contribution in [0.15, 0.2) is 46.4 Å². The molecule has 2 aromatic rings. The number of methoxy groups -OCH3 is 3. The van der Waals surface area contributed by atoms with E-state index in [0.717, 1.165) is 5.56 Å². The largest absolute Gasteiger partial charge is 0.493 e. The summed E-state index contributed by atoms with van der Waals surface area (Å²) in [6, 6.07) is 10.2. The van der Waals surface area contributed by atoms with E-state index < -0.39 is 10.0 Å². The molecule has 3 rings (SSSR count). The summed E-state index contributed by atoms with van der Waals surface area (Å²) in [6.45, 7) is 2.47. The van der Waals surface area contributed by atoms with Crippen molar-refractivity contribution in [3.8, 4) is 17.2 Å². The van der Waals surface area contributed by atoms with Crippen LogP contribution in [0.1, 0.15) is 24.0 Å². The van der Waals surface area contributed by atoms with Crippen LogP contribution in [-0.2, 0) is 14.8 Å². The van der Waals surface area contributed by atoms with Gasteiger partial charge in [0.15, 0.2) is 11.5 Å². The molecule has 1 aliphatic rings. The molecule has 0 saturated carbocycles. The minimum absolute atomic E-state index is 0.252. The molecule has 0 bridgehead atoms. The number of nitrogens with one attached hydrogen (secondary N) is 1. The molecule has 1 N–H and O–H groups in total. The number of benzene rings is 2. The number of piperidine rings is 1. The third kappa shape index (κ3) is 5.45. The molecule has 1 amide bonds. The Balaban J connectivity index is 1.60. The van der Waals surface area contributed by atoms with Gasteiger partial charge in [-0.3, -0.25) is 4.79 Å². The average Bonchev–Trinajstić information content (AvgIpc) is 2.83. The highest BCUT2D eigenvalue weighted by Crippen LogP contribution is 2.39. The highest BCUT2D eigenvalue weighted by atomic mass is 32.2. The van der Waals surface area contributed by atoms with E-state index in [4.69, 9.17) is 14.2 Å². The van der Waals surface area contributed by atoms with E-state index in [1.807, 2.05) is 6.92 Å². The summed E-state index contributed by atoms with van der Waals surface area (Å²) in [5.74, 6) is 0.807. The lowest BCUT2D eigenvalue weighted by Crippen LogP contribution is -2.42. The van der Waals surface area contributed by atoms with Crippen molar-refractivity contribution in [3.63, 3.8) is 0 Å². The lowest BCUT2D eigenvalue weighted by Gasteiger charge is -2.30. The zero-order valence-corrected chi connectivity index (χ0v) is 20.0. The fourth-order valence-electron chi connectivity index (χ4n) is 3.70. The molecule has 1 aliphatic heterocycles. The SMILES string of the molecule is COc1ccc(C=NNC(=O)C2CCN(S(=O)(=O)c3ccc(C)cc3)CC2)c(OC)c1OC. The van der Waals surface area contributed by atoms with Crippen molar-refractivity contribution in [1.29, 1.82) is 0 Å². The number of amides is 1. The van der Waals surface area contributed by atoms with Crippen LogP contribution in [0.5, 0.6) is 17.2 Å². The Hall–Kier alpha value is -3.11. The van der Waals surface area contributed by atoms with E-state index in [1.165, 1.54) is 31.8 Å². The smallest absolute Gasteiger partial charge is 0.243 e. The van der Waals surface area contributed by atoms with Crippen LogP contribution in [-0.4, -0.2) is 59.3 Å². The number of hydrogen-bond acceptors (Lipinski definition) is 7. The van der Waals surface area contributed by atoms with E-state index in [9.17, 15) is 13.2 Å². The molecule has 0 radical (unpaired) electrons. The summed E-state index contributed by atoms with van der Waals surface area (Å²) in [5.41, 5.74) is 4.15. The van der Waals surface area contributed by atoms with Gasteiger partial charge in [-0.1, -0.05) is 17.7 Å². The maximum Gasteiger partial charge on any atom is 0.243 e. The highest BCUT2D eigenvalue weighted by molar-refractivity contribution is 7.89. The van der Waals surface area contributed by atoms with Crippen LogP contribution < -0.4 is 19.6 Å². The second-order valence-electron chi connectivity index (χ2n) is 7.65. The fraction of sp³-hybridized carbons (Fsp3) is 0.391. The quantitative estimate of drug-likeness (QED) is 0.465. The van der Waals surface area contributed by atoms with E-state index in [1.54, 1.807) is 36.4 Å². The minimum Gasteiger partial charge on any atom is -0.493 e. The Kier molecular flexibility index (Phi) is 7.93. The molecule has 1 fully saturated rings. The molecule has 9 nitrogen and oxygen atoms in total. The van der Waals surface area contributed by atoms with Gasteiger partial charge in [-0.25, -0.2) is 13.8 Å². The van der Waals surface area contributed by atoms with Gasteiger partial charge in [0, 0.05) is 24.6 Å². The third-order valence-corrected chi connectivity index (χ3v) is 7.51. The van der Waals surface area contributed by atoms with Gasteiger partial charge in [-0.15, -0.1) is 0 Å². The molecule has 0 atom stereocenters. The monoisotopic (exact) mass is 475 g/mol. The highest BCUT2D eigenvalue weighted by Gasteiger charge is 2.32. The first-order valence-electron chi connectivity index (χ1n) is 10.5. The molecule has 0 aliphatic carbocycles. The Bertz CT molecular complexity index is 1110. The van der Waals surface area contributed by atoms with E-state index in [-0.39, 0.29) is 29.8 Å². The second-order valence-corrected chi connectivity index (χ2v) is 9.59. The van der Waals surface area contributed by atoms with Gasteiger partial charge in [0.25, 0.3) is 0 Å². The molecular weight excluding hydrogens is 446 g/mol. The zero-order valence-electron chi connectivity index (χ0n) is 19.2. The van der Waals surface area contributed by atoms with Gasteiger partial charge < -0.3 is 14.2 Å². The van der Waals surface area contributed by atoms with E-state index in [2.05, 4.69) is 10.5 Å². The lowest BCUT2D eigenvalue weighted by molar-refractivity contribution is -0.126. The molecule has 178 valence electrons. The number of carbonyl (C=O) groups is 1. The Morgan fingerprint density at radius 2 is 1.64 bits per heavy atom. The Labute approximate surface area is 194 Å². The van der Waals surface area contributed by atoms with Crippen molar-refractivity contribution < 1.29 is 27.4 Å². The van der Waals surface area contributed by atoms with Crippen LogP contribution in [0.3, 0.4) is 0 Å². The fourth-order valence-corrected chi connectivity index (χ4v) is 5.17. The van der Waals surface area contributed by atoms with Crippen LogP contribution in [0.25, 0.3) is 0 Å². The van der Waals surface area contributed by atoms with Crippen molar-refractivity contribution in [3.05, 3.63) is 47.5 Å². The van der Waals surface area contributed by atoms with E-state index in [0.29, 0.717) is 35.7 Å². The van der Waals surface area contributed by atoms with Gasteiger partial charge in [0.1, 0.15) is 0 Å². The number of ether oxygens (including phenoxy) is 3. The number of nitrogens with zero attached hydrogens (tertiary/aromatic N) is 2. The van der Waals surface area contributed by atoms with Gasteiger partial charge in [-0.05, 0) is 44.0 Å². The predicted octanol–water partition coefficient (Wildman–Crippen LogP) is 2.57. The Morgan fingerprint density at radius 3 is 2.21 bits per heavy atom. The molecule has 2 aromatic carbocycles. The molecule has 1 saturated heterocycles. The van der Waals surface area contributed by atoms with Crippen molar-refractivity contribution >= 4 is 22.1 Å². The first-order valence-corrected chi connectivity index (χ1v) is 11.9. The average molecular weight is 476 g/mol. The van der Waals surface area contributed by atoms with Crippen molar-refractivity contribution in [1.82, 2.24) is 9.73 Å². The molecule has 0 aromatic heterocycles. The van der Waals surface area contributed by atoms with Crippen LogP contribution in [0.4, 0.5) is 0 Å². The van der Waals surface area contributed by atoms with Gasteiger partial charge >= 0.3 is 0 Å². The molecule has 10 heteroatoms. The van der Waals surface area contributed by atoms with Gasteiger partial charge in [0.05, 0.1) is 32.4 Å². The van der Waals surface area contributed by atoms with Crippen LogP contribution in [0, 0.1) is 12.8 Å². The standard InChI is InChI=1S/C23H29N3O6S/c1-16-5-8-19(9-6-16)33(28,29)26-13-11-17(12-14-26)23(27)25-24-15-18-7-10-20(30-2)22(32-4)21(18)31-3/h5-10,15,17H,11-14H2,1-4H3,(H,25,27). The van der Waals surface area contributed by atoms with Crippen LogP contribution in [0.2, 0.25) is 0 Å². The van der Waals surface area contributed by atoms with Crippen molar-refractivity contribution in [2.75, 3.05) is 34.4 Å². The number of carbonyl (C=O) groups excluding carboxylic acids is 1. The summed E-state index contributed by atoms with van der Waals surface area (Å²) < 4.78 is 43.1. The number of sulfonamides is 1. The second kappa shape index (κ2) is 10.7. The first-order chi connectivity index (χ1) is 15.8. The molecule has 0 spiro atoms. The summed E-state index contributed by atoms with van der Waals surface area (Å²) in [7, 11) is 0.979. The summed E-state index contributed by atoms with van der Waals surface area (Å²) in [5, 5.41) is 4.05. The normalized spacial score (nSPS) is 15.4. The molecule has 1 heterocycles. The summed E-state index contributed by atoms with van der Waals surface area (Å²) in [4.78, 5) is 12.8. The topological polar surface area (TPSA) is 107 Å². The van der Waals surface area contributed by atoms with Crippen molar-refractivity contribution in [2.45, 2.75) is 24.7 Å². The number of hydrogen-bond donors (Lipinski definition) is 1. The zero-order chi connectivity index (χ0) is 24.0. The molecule has 33 heavy (non-hydrogen) atoms. The Morgan fingerprint density at radius 1 is 1.00 bits per heavy atom. The van der Waals surface area contributed by atoms with Gasteiger partial charge in [0.2, 0.25) is 21.7 Å². The minimum atomic E-state index is -3.56. The first kappa shape index (κ1) is 24.5. The van der Waals surface area contributed by atoms with Crippen molar-refractivity contribution in [2.24, 2.45) is 11.0 Å². The lowest BCUT2D eigenvalue weighted by atomic mass is 9.98. The predicted molar refractivity (Wildman–Crippen MR) is 124 cm³/mol. The number of rotatable bonds is 8. The molecular formula is C23H29N3O6S.